The standard InChI is InChI=1S/C16H20N2O2S/c1-11-5-7-14(9-12(11)2)21(19,20)16-10-13(18(3)4)6-8-15(16)17/h5-10H,17H2,1-4H3. The summed E-state index contributed by atoms with van der Waals surface area (Å²) < 4.78 is 25.6. The van der Waals surface area contributed by atoms with Gasteiger partial charge in [-0.2, -0.15) is 0 Å². The molecule has 5 heteroatoms. The minimum atomic E-state index is -3.62. The van der Waals surface area contributed by atoms with E-state index < -0.39 is 9.84 Å². The highest BCUT2D eigenvalue weighted by Crippen LogP contribution is 2.30. The van der Waals surface area contributed by atoms with E-state index in [1.54, 1.807) is 30.3 Å². The number of anilines is 2. The first-order chi connectivity index (χ1) is 9.73. The van der Waals surface area contributed by atoms with E-state index in [0.717, 1.165) is 16.8 Å². The Labute approximate surface area is 126 Å². The maximum Gasteiger partial charge on any atom is 0.208 e. The minimum absolute atomic E-state index is 0.150. The fraction of sp³-hybridized carbons (Fsp3) is 0.250. The molecule has 0 saturated heterocycles. The lowest BCUT2D eigenvalue weighted by molar-refractivity contribution is 0.596. The third-order valence-electron chi connectivity index (χ3n) is 3.59. The van der Waals surface area contributed by atoms with Crippen LogP contribution >= 0.6 is 0 Å². The molecule has 2 aromatic carbocycles. The van der Waals surface area contributed by atoms with Gasteiger partial charge in [-0.1, -0.05) is 6.07 Å². The van der Waals surface area contributed by atoms with E-state index in [2.05, 4.69) is 0 Å². The summed E-state index contributed by atoms with van der Waals surface area (Å²) in [6.07, 6.45) is 0. The smallest absolute Gasteiger partial charge is 0.208 e. The molecule has 0 saturated carbocycles. The van der Waals surface area contributed by atoms with Crippen molar-refractivity contribution in [1.29, 1.82) is 0 Å². The topological polar surface area (TPSA) is 63.4 Å². The Hall–Kier alpha value is -2.01. The predicted octanol–water partition coefficient (Wildman–Crippen LogP) is 2.78. The van der Waals surface area contributed by atoms with Crippen molar-refractivity contribution in [3.05, 3.63) is 47.5 Å². The lowest BCUT2D eigenvalue weighted by Gasteiger charge is -2.16. The first-order valence-corrected chi connectivity index (χ1v) is 8.11. The third kappa shape index (κ3) is 2.88. The summed E-state index contributed by atoms with van der Waals surface area (Å²) in [5, 5.41) is 0. The second kappa shape index (κ2) is 5.41. The number of benzene rings is 2. The van der Waals surface area contributed by atoms with Gasteiger partial charge in [0, 0.05) is 19.8 Å². The van der Waals surface area contributed by atoms with Crippen molar-refractivity contribution in [2.45, 2.75) is 23.6 Å². The zero-order valence-corrected chi connectivity index (χ0v) is 13.5. The van der Waals surface area contributed by atoms with Crippen LogP contribution in [0.2, 0.25) is 0 Å². The summed E-state index contributed by atoms with van der Waals surface area (Å²) in [6, 6.07) is 10.2. The van der Waals surface area contributed by atoms with Crippen LogP contribution < -0.4 is 10.6 Å². The molecule has 21 heavy (non-hydrogen) atoms. The average molecular weight is 304 g/mol. The Morgan fingerprint density at radius 1 is 0.952 bits per heavy atom. The number of sulfone groups is 1. The third-order valence-corrected chi connectivity index (χ3v) is 5.40. The van der Waals surface area contributed by atoms with Gasteiger partial charge in [0.05, 0.1) is 15.5 Å². The molecule has 0 aliphatic rings. The van der Waals surface area contributed by atoms with Crippen molar-refractivity contribution in [3.63, 3.8) is 0 Å². The van der Waals surface area contributed by atoms with Gasteiger partial charge in [-0.15, -0.1) is 0 Å². The molecule has 112 valence electrons. The predicted molar refractivity (Wildman–Crippen MR) is 86.5 cm³/mol. The largest absolute Gasteiger partial charge is 0.398 e. The summed E-state index contributed by atoms with van der Waals surface area (Å²) in [5.74, 6) is 0. The van der Waals surface area contributed by atoms with Gasteiger partial charge in [-0.25, -0.2) is 8.42 Å². The van der Waals surface area contributed by atoms with Crippen LogP contribution in [-0.4, -0.2) is 22.5 Å². The zero-order valence-electron chi connectivity index (χ0n) is 12.7. The lowest BCUT2D eigenvalue weighted by atomic mass is 10.1. The second-order valence-corrected chi connectivity index (χ2v) is 7.28. The maximum absolute atomic E-state index is 12.8. The van der Waals surface area contributed by atoms with Gasteiger partial charge < -0.3 is 10.6 Å². The minimum Gasteiger partial charge on any atom is -0.398 e. The first kappa shape index (κ1) is 15.4. The van der Waals surface area contributed by atoms with E-state index in [1.807, 2.05) is 38.9 Å². The molecule has 0 fully saturated rings. The molecule has 0 radical (unpaired) electrons. The Balaban J connectivity index is 2.63. The van der Waals surface area contributed by atoms with Crippen molar-refractivity contribution in [1.82, 2.24) is 0 Å². The van der Waals surface area contributed by atoms with E-state index in [0.29, 0.717) is 0 Å². The highest BCUT2D eigenvalue weighted by molar-refractivity contribution is 7.91. The molecule has 0 aliphatic heterocycles. The molecule has 4 nitrogen and oxygen atoms in total. The number of aryl methyl sites for hydroxylation is 2. The highest BCUT2D eigenvalue weighted by Gasteiger charge is 2.21. The van der Waals surface area contributed by atoms with Gasteiger partial charge in [0.15, 0.2) is 0 Å². The Morgan fingerprint density at radius 3 is 2.19 bits per heavy atom. The van der Waals surface area contributed by atoms with Gasteiger partial charge in [0.2, 0.25) is 9.84 Å². The molecule has 0 spiro atoms. The van der Waals surface area contributed by atoms with Gasteiger partial charge in [0.1, 0.15) is 0 Å². The number of nitrogens with zero attached hydrogens (tertiary/aromatic N) is 1. The second-order valence-electron chi connectivity index (χ2n) is 5.37. The van der Waals surface area contributed by atoms with E-state index in [4.69, 9.17) is 5.73 Å². The lowest BCUT2D eigenvalue weighted by Crippen LogP contribution is -2.11. The Bertz CT molecular complexity index is 781. The zero-order chi connectivity index (χ0) is 15.8. The monoisotopic (exact) mass is 304 g/mol. The number of nitrogen functional groups attached to an aromatic ring is 1. The Kier molecular flexibility index (Phi) is 3.96. The summed E-state index contributed by atoms with van der Waals surface area (Å²) in [5.41, 5.74) is 8.95. The van der Waals surface area contributed by atoms with Gasteiger partial charge in [0.25, 0.3) is 0 Å². The maximum atomic E-state index is 12.8. The van der Waals surface area contributed by atoms with Crippen LogP contribution in [0.5, 0.6) is 0 Å². The van der Waals surface area contributed by atoms with E-state index in [9.17, 15) is 8.42 Å². The summed E-state index contributed by atoms with van der Waals surface area (Å²) >= 11 is 0. The molecule has 0 heterocycles. The van der Waals surface area contributed by atoms with Crippen molar-refractivity contribution < 1.29 is 8.42 Å². The fourth-order valence-electron chi connectivity index (χ4n) is 2.04. The first-order valence-electron chi connectivity index (χ1n) is 6.62. The van der Waals surface area contributed by atoms with Crippen molar-refractivity contribution in [3.8, 4) is 0 Å². The molecule has 0 aromatic heterocycles. The van der Waals surface area contributed by atoms with Crippen LogP contribution in [0.3, 0.4) is 0 Å². The molecule has 2 N–H and O–H groups in total. The molecular formula is C16H20N2O2S. The van der Waals surface area contributed by atoms with E-state index >= 15 is 0 Å². The van der Waals surface area contributed by atoms with Crippen molar-refractivity contribution in [2.24, 2.45) is 0 Å². The molecule has 0 amide bonds. The number of hydrogen-bond donors (Lipinski definition) is 1. The summed E-state index contributed by atoms with van der Waals surface area (Å²) in [6.45, 7) is 3.85. The van der Waals surface area contributed by atoms with Crippen molar-refractivity contribution >= 4 is 21.2 Å². The van der Waals surface area contributed by atoms with Crippen LogP contribution in [-0.2, 0) is 9.84 Å². The normalized spacial score (nSPS) is 11.4. The van der Waals surface area contributed by atoms with Gasteiger partial charge >= 0.3 is 0 Å². The Morgan fingerprint density at radius 2 is 1.62 bits per heavy atom. The SMILES string of the molecule is Cc1ccc(S(=O)(=O)c2cc(N(C)C)ccc2N)cc1C. The van der Waals surface area contributed by atoms with Crippen LogP contribution in [0.1, 0.15) is 11.1 Å². The fourth-order valence-corrected chi connectivity index (χ4v) is 3.53. The van der Waals surface area contributed by atoms with Crippen molar-refractivity contribution in [2.75, 3.05) is 24.7 Å². The summed E-state index contributed by atoms with van der Waals surface area (Å²) in [7, 11) is 0.102. The van der Waals surface area contributed by atoms with Crippen LogP contribution in [0.25, 0.3) is 0 Å². The number of hydrogen-bond acceptors (Lipinski definition) is 4. The molecule has 2 aromatic rings. The number of rotatable bonds is 3. The quantitative estimate of drug-likeness (QED) is 0.886. The average Bonchev–Trinajstić information content (AvgIpc) is 2.41. The molecular weight excluding hydrogens is 284 g/mol. The van der Waals surface area contributed by atoms with Gasteiger partial charge in [-0.3, -0.25) is 0 Å². The summed E-state index contributed by atoms with van der Waals surface area (Å²) in [4.78, 5) is 2.27. The van der Waals surface area contributed by atoms with Crippen LogP contribution in [0.15, 0.2) is 46.2 Å². The van der Waals surface area contributed by atoms with E-state index in [1.165, 1.54) is 0 Å². The van der Waals surface area contributed by atoms with Crippen LogP contribution in [0, 0.1) is 13.8 Å². The van der Waals surface area contributed by atoms with Crippen LogP contribution in [0.4, 0.5) is 11.4 Å². The molecule has 2 rings (SSSR count). The molecule has 0 unspecified atom stereocenters. The molecule has 0 atom stereocenters. The molecule has 0 aliphatic carbocycles. The number of nitrogens with two attached hydrogens (primary N) is 1. The molecule has 0 bridgehead atoms. The highest BCUT2D eigenvalue weighted by atomic mass is 32.2. The van der Waals surface area contributed by atoms with E-state index in [-0.39, 0.29) is 15.5 Å². The van der Waals surface area contributed by atoms with Gasteiger partial charge in [-0.05, 0) is 55.3 Å².